The van der Waals surface area contributed by atoms with E-state index in [9.17, 15) is 4.79 Å². The van der Waals surface area contributed by atoms with Crippen molar-refractivity contribution in [1.82, 2.24) is 5.32 Å². The lowest BCUT2D eigenvalue weighted by atomic mass is 9.69. The minimum Gasteiger partial charge on any atom is -0.353 e. The van der Waals surface area contributed by atoms with Crippen LogP contribution in [-0.4, -0.2) is 18.0 Å². The summed E-state index contributed by atoms with van der Waals surface area (Å²) in [6, 6.07) is 0.287. The molecule has 1 rings (SSSR count). The average molecular weight is 296 g/mol. The van der Waals surface area contributed by atoms with Crippen molar-refractivity contribution in [2.45, 2.75) is 92.2 Å². The molecule has 0 heterocycles. The van der Waals surface area contributed by atoms with Gasteiger partial charge in [-0.25, -0.2) is 0 Å². The van der Waals surface area contributed by atoms with Gasteiger partial charge in [0.15, 0.2) is 0 Å². The number of nitrogens with one attached hydrogen (secondary N) is 1. The Balaban J connectivity index is 2.52. The van der Waals surface area contributed by atoms with Gasteiger partial charge in [0.1, 0.15) is 0 Å². The van der Waals surface area contributed by atoms with Gasteiger partial charge in [-0.2, -0.15) is 0 Å². The summed E-state index contributed by atoms with van der Waals surface area (Å²) in [4.78, 5) is 12.3. The fourth-order valence-electron chi connectivity index (χ4n) is 3.70. The van der Waals surface area contributed by atoms with Gasteiger partial charge in [-0.05, 0) is 36.0 Å². The fraction of sp³-hybridized carbons (Fsp3) is 0.944. The Kier molecular flexibility index (Phi) is 6.27. The summed E-state index contributed by atoms with van der Waals surface area (Å²) in [5.74, 6) is 0.710. The zero-order valence-corrected chi connectivity index (χ0v) is 15.0. The predicted octanol–water partition coefficient (Wildman–Crippen LogP) is 3.86. The van der Waals surface area contributed by atoms with Crippen LogP contribution >= 0.6 is 0 Å². The molecule has 0 radical (unpaired) electrons. The van der Waals surface area contributed by atoms with Crippen molar-refractivity contribution in [3.63, 3.8) is 0 Å². The zero-order chi connectivity index (χ0) is 16.3. The SMILES string of the molecule is CC(C)(C)CC(N)CC(=O)NC1CCCCC1C(C)(C)C. The molecule has 1 saturated carbocycles. The molecule has 0 aromatic carbocycles. The van der Waals surface area contributed by atoms with Crippen molar-refractivity contribution >= 4 is 5.91 Å². The first-order chi connectivity index (χ1) is 9.49. The van der Waals surface area contributed by atoms with E-state index in [1.807, 2.05) is 0 Å². The Morgan fingerprint density at radius 3 is 2.24 bits per heavy atom. The monoisotopic (exact) mass is 296 g/mol. The molecule has 0 aromatic heterocycles. The second-order valence-corrected chi connectivity index (χ2v) is 9.16. The van der Waals surface area contributed by atoms with Gasteiger partial charge < -0.3 is 11.1 Å². The van der Waals surface area contributed by atoms with Gasteiger partial charge in [-0.1, -0.05) is 54.4 Å². The first kappa shape index (κ1) is 18.5. The van der Waals surface area contributed by atoms with Crippen LogP contribution < -0.4 is 11.1 Å². The van der Waals surface area contributed by atoms with Crippen LogP contribution in [0.25, 0.3) is 0 Å². The Morgan fingerprint density at radius 1 is 1.14 bits per heavy atom. The van der Waals surface area contributed by atoms with Gasteiger partial charge in [-0.3, -0.25) is 4.79 Å². The highest BCUT2D eigenvalue weighted by atomic mass is 16.1. The van der Waals surface area contributed by atoms with E-state index in [1.165, 1.54) is 19.3 Å². The lowest BCUT2D eigenvalue weighted by Gasteiger charge is -2.41. The van der Waals surface area contributed by atoms with Gasteiger partial charge in [0.25, 0.3) is 0 Å². The summed E-state index contributed by atoms with van der Waals surface area (Å²) in [6.07, 6.45) is 6.19. The zero-order valence-electron chi connectivity index (χ0n) is 15.0. The van der Waals surface area contributed by atoms with E-state index in [2.05, 4.69) is 46.9 Å². The van der Waals surface area contributed by atoms with Crippen molar-refractivity contribution in [3.05, 3.63) is 0 Å². The molecule has 1 fully saturated rings. The van der Waals surface area contributed by atoms with Crippen molar-refractivity contribution in [2.75, 3.05) is 0 Å². The molecule has 0 saturated heterocycles. The number of carbonyl (C=O) groups is 1. The van der Waals surface area contributed by atoms with Gasteiger partial charge in [-0.15, -0.1) is 0 Å². The van der Waals surface area contributed by atoms with Crippen LogP contribution in [0.3, 0.4) is 0 Å². The molecular formula is C18H36N2O. The second kappa shape index (κ2) is 7.13. The Morgan fingerprint density at radius 2 is 1.71 bits per heavy atom. The second-order valence-electron chi connectivity index (χ2n) is 9.16. The van der Waals surface area contributed by atoms with E-state index in [0.29, 0.717) is 18.4 Å². The molecule has 0 bridgehead atoms. The van der Waals surface area contributed by atoms with Gasteiger partial charge in [0.2, 0.25) is 5.91 Å². The molecule has 0 aromatic rings. The van der Waals surface area contributed by atoms with Crippen molar-refractivity contribution in [2.24, 2.45) is 22.5 Å². The maximum absolute atomic E-state index is 12.3. The average Bonchev–Trinajstić information content (AvgIpc) is 2.24. The summed E-state index contributed by atoms with van der Waals surface area (Å²) in [5.41, 5.74) is 6.56. The fourth-order valence-corrected chi connectivity index (χ4v) is 3.70. The number of hydrogen-bond acceptors (Lipinski definition) is 2. The maximum atomic E-state index is 12.3. The summed E-state index contributed by atoms with van der Waals surface area (Å²) in [7, 11) is 0. The highest BCUT2D eigenvalue weighted by molar-refractivity contribution is 5.76. The molecule has 3 N–H and O–H groups in total. The minimum atomic E-state index is -0.0401. The van der Waals surface area contributed by atoms with E-state index >= 15 is 0 Å². The molecule has 124 valence electrons. The third-order valence-electron chi connectivity index (χ3n) is 4.55. The van der Waals surface area contributed by atoms with Crippen LogP contribution in [0.5, 0.6) is 0 Å². The van der Waals surface area contributed by atoms with Crippen LogP contribution in [0.1, 0.15) is 80.1 Å². The highest BCUT2D eigenvalue weighted by Gasteiger charge is 2.35. The topological polar surface area (TPSA) is 55.1 Å². The molecule has 3 heteroatoms. The number of amides is 1. The van der Waals surface area contributed by atoms with Crippen molar-refractivity contribution in [3.8, 4) is 0 Å². The quantitative estimate of drug-likeness (QED) is 0.827. The van der Waals surface area contributed by atoms with E-state index in [4.69, 9.17) is 5.73 Å². The molecule has 3 nitrogen and oxygen atoms in total. The van der Waals surface area contributed by atoms with E-state index in [-0.39, 0.29) is 22.8 Å². The summed E-state index contributed by atoms with van der Waals surface area (Å²) >= 11 is 0. The molecule has 1 amide bonds. The number of hydrogen-bond donors (Lipinski definition) is 2. The highest BCUT2D eigenvalue weighted by Crippen LogP contribution is 2.38. The predicted molar refractivity (Wildman–Crippen MR) is 90.0 cm³/mol. The van der Waals surface area contributed by atoms with Crippen LogP contribution in [0, 0.1) is 16.7 Å². The molecule has 3 unspecified atom stereocenters. The van der Waals surface area contributed by atoms with E-state index < -0.39 is 0 Å². The lowest BCUT2D eigenvalue weighted by Crippen LogP contribution is -2.47. The third kappa shape index (κ3) is 6.82. The van der Waals surface area contributed by atoms with Gasteiger partial charge in [0, 0.05) is 18.5 Å². The number of nitrogens with two attached hydrogens (primary N) is 1. The lowest BCUT2D eigenvalue weighted by molar-refractivity contribution is -0.123. The van der Waals surface area contributed by atoms with Crippen molar-refractivity contribution in [1.29, 1.82) is 0 Å². The summed E-state index contributed by atoms with van der Waals surface area (Å²) in [5, 5.41) is 3.27. The maximum Gasteiger partial charge on any atom is 0.221 e. The molecule has 21 heavy (non-hydrogen) atoms. The number of carbonyl (C=O) groups excluding carboxylic acids is 1. The minimum absolute atomic E-state index is 0.0401. The summed E-state index contributed by atoms with van der Waals surface area (Å²) in [6.45, 7) is 13.4. The Hall–Kier alpha value is -0.570. The Bertz CT molecular complexity index is 338. The molecule has 1 aliphatic rings. The third-order valence-corrected chi connectivity index (χ3v) is 4.55. The molecular weight excluding hydrogens is 260 g/mol. The largest absolute Gasteiger partial charge is 0.353 e. The molecule has 0 aliphatic heterocycles. The van der Waals surface area contributed by atoms with Gasteiger partial charge >= 0.3 is 0 Å². The van der Waals surface area contributed by atoms with Gasteiger partial charge in [0.05, 0.1) is 0 Å². The molecule has 1 aliphatic carbocycles. The molecule has 0 spiro atoms. The first-order valence-corrected chi connectivity index (χ1v) is 8.54. The van der Waals surface area contributed by atoms with Crippen LogP contribution in [0.4, 0.5) is 0 Å². The standard InChI is InChI=1S/C18H36N2O/c1-17(2,3)12-13(19)11-16(21)20-15-10-8-7-9-14(15)18(4,5)6/h13-15H,7-12,19H2,1-6H3,(H,20,21). The first-order valence-electron chi connectivity index (χ1n) is 8.54. The molecule has 3 atom stereocenters. The summed E-state index contributed by atoms with van der Waals surface area (Å²) < 4.78 is 0. The van der Waals surface area contributed by atoms with E-state index in [0.717, 1.165) is 12.8 Å². The normalized spacial score (nSPS) is 25.5. The van der Waals surface area contributed by atoms with Crippen molar-refractivity contribution < 1.29 is 4.79 Å². The van der Waals surface area contributed by atoms with E-state index in [1.54, 1.807) is 0 Å². The van der Waals surface area contributed by atoms with Crippen LogP contribution in [0.15, 0.2) is 0 Å². The van der Waals surface area contributed by atoms with Crippen LogP contribution in [-0.2, 0) is 4.79 Å². The smallest absolute Gasteiger partial charge is 0.221 e. The van der Waals surface area contributed by atoms with Crippen LogP contribution in [0.2, 0.25) is 0 Å². The number of rotatable bonds is 4. The Labute approximate surface area is 131 Å².